The van der Waals surface area contributed by atoms with Gasteiger partial charge in [-0.3, -0.25) is 0 Å². The fourth-order valence-corrected chi connectivity index (χ4v) is 2.44. The van der Waals surface area contributed by atoms with E-state index in [1.807, 2.05) is 0 Å². The number of phenolic OH excluding ortho intramolecular Hbond substituents is 1. The van der Waals surface area contributed by atoms with Crippen molar-refractivity contribution in [1.29, 1.82) is 0 Å². The van der Waals surface area contributed by atoms with Crippen molar-refractivity contribution in [3.8, 4) is 5.75 Å². The van der Waals surface area contributed by atoms with Gasteiger partial charge in [0.2, 0.25) is 0 Å². The van der Waals surface area contributed by atoms with Crippen LogP contribution in [0.25, 0.3) is 0 Å². The minimum atomic E-state index is -0.605. The van der Waals surface area contributed by atoms with E-state index in [2.05, 4.69) is 0 Å². The first kappa shape index (κ1) is 11.7. The van der Waals surface area contributed by atoms with Crippen LogP contribution < -0.4 is 5.73 Å². The molecule has 2 nitrogen and oxygen atoms in total. The van der Waals surface area contributed by atoms with Gasteiger partial charge in [0.15, 0.2) is 0 Å². The van der Waals surface area contributed by atoms with Gasteiger partial charge in [-0.15, -0.1) is 0 Å². The first-order valence-electron chi connectivity index (χ1n) is 5.50. The van der Waals surface area contributed by atoms with Gasteiger partial charge in [0.25, 0.3) is 0 Å². The number of halogens is 2. The Hall–Kier alpha value is -0.800. The number of hydrogen-bond donors (Lipinski definition) is 2. The van der Waals surface area contributed by atoms with Gasteiger partial charge >= 0.3 is 0 Å². The summed E-state index contributed by atoms with van der Waals surface area (Å²) in [5.41, 5.74) is 6.38. The second-order valence-electron chi connectivity index (χ2n) is 4.51. The minimum Gasteiger partial charge on any atom is -0.506 e. The number of nitrogens with two attached hydrogens (primary N) is 1. The number of phenols is 1. The Morgan fingerprint density at radius 1 is 1.25 bits per heavy atom. The zero-order valence-corrected chi connectivity index (χ0v) is 9.73. The average Bonchev–Trinajstić information content (AvgIpc) is 2.26. The Labute approximate surface area is 99.2 Å². The van der Waals surface area contributed by atoms with Crippen LogP contribution in [0.5, 0.6) is 5.75 Å². The average molecular weight is 244 g/mol. The lowest BCUT2D eigenvalue weighted by molar-refractivity contribution is 0.300. The molecule has 3 N–H and O–H groups in total. The molecule has 88 valence electrons. The van der Waals surface area contributed by atoms with Gasteiger partial charge in [-0.05, 0) is 30.5 Å². The molecule has 4 heteroatoms. The molecule has 0 bridgehead atoms. The van der Waals surface area contributed by atoms with Crippen molar-refractivity contribution in [2.24, 2.45) is 5.73 Å². The van der Waals surface area contributed by atoms with Crippen molar-refractivity contribution in [3.05, 3.63) is 28.5 Å². The van der Waals surface area contributed by atoms with E-state index in [0.717, 1.165) is 25.7 Å². The molecule has 0 amide bonds. The second-order valence-corrected chi connectivity index (χ2v) is 4.89. The number of hydrogen-bond acceptors (Lipinski definition) is 2. The maximum absolute atomic E-state index is 13.4. The van der Waals surface area contributed by atoms with Crippen molar-refractivity contribution in [2.75, 3.05) is 0 Å². The molecule has 1 aromatic carbocycles. The first-order valence-corrected chi connectivity index (χ1v) is 5.88. The van der Waals surface area contributed by atoms with E-state index >= 15 is 0 Å². The minimum absolute atomic E-state index is 0.230. The molecule has 1 aliphatic carbocycles. The molecule has 1 fully saturated rings. The Bertz CT molecular complexity index is 379. The molecular formula is C12H15ClFNO. The van der Waals surface area contributed by atoms with Crippen LogP contribution >= 0.6 is 11.6 Å². The van der Waals surface area contributed by atoms with E-state index in [-0.39, 0.29) is 10.8 Å². The fourth-order valence-electron chi connectivity index (χ4n) is 2.33. The lowest BCUT2D eigenvalue weighted by Gasteiger charge is -2.34. The van der Waals surface area contributed by atoms with E-state index < -0.39 is 11.4 Å². The van der Waals surface area contributed by atoms with Crippen LogP contribution in [0.1, 0.15) is 37.7 Å². The van der Waals surface area contributed by atoms with Crippen LogP contribution in [0.3, 0.4) is 0 Å². The molecule has 0 radical (unpaired) electrons. The quantitative estimate of drug-likeness (QED) is 0.795. The summed E-state index contributed by atoms with van der Waals surface area (Å²) >= 11 is 5.57. The summed E-state index contributed by atoms with van der Waals surface area (Å²) in [4.78, 5) is 0. The molecule has 1 aromatic rings. The summed E-state index contributed by atoms with van der Waals surface area (Å²) in [5, 5.41) is 9.27. The zero-order valence-electron chi connectivity index (χ0n) is 8.97. The predicted octanol–water partition coefficient (Wildman–Crippen LogP) is 3.30. The maximum atomic E-state index is 13.4. The third-order valence-corrected chi connectivity index (χ3v) is 3.70. The van der Waals surface area contributed by atoms with Crippen molar-refractivity contribution >= 4 is 11.6 Å². The Balaban J connectivity index is 2.39. The van der Waals surface area contributed by atoms with E-state index in [4.69, 9.17) is 17.3 Å². The van der Waals surface area contributed by atoms with Crippen LogP contribution in [0, 0.1) is 5.82 Å². The molecular weight excluding hydrogens is 229 g/mol. The van der Waals surface area contributed by atoms with Crippen molar-refractivity contribution in [1.82, 2.24) is 0 Å². The van der Waals surface area contributed by atoms with Crippen LogP contribution in [-0.2, 0) is 5.54 Å². The van der Waals surface area contributed by atoms with E-state index in [1.54, 1.807) is 0 Å². The Morgan fingerprint density at radius 3 is 2.44 bits per heavy atom. The van der Waals surface area contributed by atoms with Crippen LogP contribution in [0.2, 0.25) is 5.02 Å². The van der Waals surface area contributed by atoms with Crippen LogP contribution in [0.15, 0.2) is 12.1 Å². The molecule has 0 aliphatic heterocycles. The summed E-state index contributed by atoms with van der Waals surface area (Å²) in [7, 11) is 0. The SMILES string of the molecule is NC1(c2cc(O)c(Cl)c(F)c2)CCCCC1. The number of aromatic hydroxyl groups is 1. The predicted molar refractivity (Wildman–Crippen MR) is 62.0 cm³/mol. The van der Waals surface area contributed by atoms with Gasteiger partial charge in [0.05, 0.1) is 0 Å². The number of benzene rings is 1. The second kappa shape index (κ2) is 4.22. The molecule has 0 unspecified atom stereocenters. The highest BCUT2D eigenvalue weighted by Gasteiger charge is 2.30. The van der Waals surface area contributed by atoms with Gasteiger partial charge in [-0.25, -0.2) is 4.39 Å². The standard InChI is InChI=1S/C12H15ClFNO/c13-11-9(14)6-8(7-10(11)16)12(15)4-2-1-3-5-12/h6-7,16H,1-5,15H2. The van der Waals surface area contributed by atoms with Crippen molar-refractivity contribution in [3.63, 3.8) is 0 Å². The summed E-state index contributed by atoms with van der Waals surface area (Å²) in [6, 6.07) is 2.82. The summed E-state index contributed by atoms with van der Waals surface area (Å²) in [5.74, 6) is -0.834. The van der Waals surface area contributed by atoms with E-state index in [9.17, 15) is 9.50 Å². The third-order valence-electron chi connectivity index (χ3n) is 3.33. The fraction of sp³-hybridized carbons (Fsp3) is 0.500. The Kier molecular flexibility index (Phi) is 3.08. The molecule has 1 saturated carbocycles. The normalized spacial score (nSPS) is 19.7. The number of rotatable bonds is 1. The first-order chi connectivity index (χ1) is 7.53. The highest BCUT2D eigenvalue weighted by atomic mass is 35.5. The Morgan fingerprint density at radius 2 is 1.88 bits per heavy atom. The van der Waals surface area contributed by atoms with E-state index in [1.165, 1.54) is 18.6 Å². The van der Waals surface area contributed by atoms with Crippen LogP contribution in [-0.4, -0.2) is 5.11 Å². The largest absolute Gasteiger partial charge is 0.506 e. The monoisotopic (exact) mass is 243 g/mol. The highest BCUT2D eigenvalue weighted by Crippen LogP contribution is 2.38. The molecule has 0 heterocycles. The van der Waals surface area contributed by atoms with Gasteiger partial charge in [-0.1, -0.05) is 30.9 Å². The van der Waals surface area contributed by atoms with Gasteiger partial charge in [0.1, 0.15) is 16.6 Å². The molecule has 2 rings (SSSR count). The summed E-state index contributed by atoms with van der Waals surface area (Å²) in [6.07, 6.45) is 4.91. The highest BCUT2D eigenvalue weighted by molar-refractivity contribution is 6.32. The van der Waals surface area contributed by atoms with E-state index in [0.29, 0.717) is 5.56 Å². The lowest BCUT2D eigenvalue weighted by atomic mass is 9.77. The zero-order chi connectivity index (χ0) is 11.8. The van der Waals surface area contributed by atoms with Crippen LogP contribution in [0.4, 0.5) is 4.39 Å². The molecule has 0 aromatic heterocycles. The summed E-state index contributed by atoms with van der Waals surface area (Å²) < 4.78 is 13.4. The smallest absolute Gasteiger partial charge is 0.145 e. The van der Waals surface area contributed by atoms with Crippen molar-refractivity contribution in [2.45, 2.75) is 37.6 Å². The van der Waals surface area contributed by atoms with Gasteiger partial charge in [-0.2, -0.15) is 0 Å². The molecule has 0 saturated heterocycles. The lowest BCUT2D eigenvalue weighted by Crippen LogP contribution is -2.38. The van der Waals surface area contributed by atoms with Gasteiger partial charge in [0, 0.05) is 5.54 Å². The maximum Gasteiger partial charge on any atom is 0.145 e. The molecule has 1 aliphatic rings. The van der Waals surface area contributed by atoms with Crippen molar-refractivity contribution < 1.29 is 9.50 Å². The molecule has 0 spiro atoms. The molecule has 16 heavy (non-hydrogen) atoms. The van der Waals surface area contributed by atoms with Gasteiger partial charge < -0.3 is 10.8 Å². The topological polar surface area (TPSA) is 46.2 Å². The molecule has 0 atom stereocenters. The third kappa shape index (κ3) is 2.02. The summed E-state index contributed by atoms with van der Waals surface area (Å²) in [6.45, 7) is 0.